The second-order valence-electron chi connectivity index (χ2n) is 4.36. The molecule has 0 aliphatic carbocycles. The third kappa shape index (κ3) is 5.14. The molecule has 0 aliphatic heterocycles. The molecule has 6 heteroatoms. The van der Waals surface area contributed by atoms with Crippen molar-refractivity contribution in [2.45, 2.75) is 32.7 Å². The van der Waals surface area contributed by atoms with Gasteiger partial charge in [0.05, 0.1) is 6.54 Å². The lowest BCUT2D eigenvalue weighted by atomic mass is 10.2. The van der Waals surface area contributed by atoms with E-state index in [-0.39, 0.29) is 24.2 Å². The van der Waals surface area contributed by atoms with Gasteiger partial charge in [0.15, 0.2) is 0 Å². The van der Waals surface area contributed by atoms with Crippen LogP contribution in [0.15, 0.2) is 16.6 Å². The van der Waals surface area contributed by atoms with E-state index in [0.717, 1.165) is 25.0 Å². The van der Waals surface area contributed by atoms with Crippen molar-refractivity contribution in [3.05, 3.63) is 28.2 Å². The highest BCUT2D eigenvalue weighted by atomic mass is 79.9. The quantitative estimate of drug-likeness (QED) is 0.836. The number of anilines is 1. The molecule has 1 aromatic rings. The Morgan fingerprint density at radius 1 is 1.37 bits per heavy atom. The summed E-state index contributed by atoms with van der Waals surface area (Å²) < 4.78 is 27.3. The minimum absolute atomic E-state index is 0.0545. The SMILES string of the molecule is CCCC(C)NC(=O)CNc1c(F)cc(Br)cc1F. The second kappa shape index (κ2) is 7.43. The summed E-state index contributed by atoms with van der Waals surface area (Å²) in [4.78, 5) is 11.6. The van der Waals surface area contributed by atoms with Gasteiger partial charge in [0.2, 0.25) is 5.91 Å². The number of amides is 1. The van der Waals surface area contributed by atoms with Crippen LogP contribution in [0, 0.1) is 11.6 Å². The van der Waals surface area contributed by atoms with E-state index < -0.39 is 11.6 Å². The molecule has 106 valence electrons. The summed E-state index contributed by atoms with van der Waals surface area (Å²) >= 11 is 2.99. The van der Waals surface area contributed by atoms with Crippen LogP contribution in [-0.2, 0) is 4.79 Å². The third-order valence-electron chi connectivity index (χ3n) is 2.56. The minimum Gasteiger partial charge on any atom is -0.371 e. The van der Waals surface area contributed by atoms with E-state index in [1.165, 1.54) is 0 Å². The fourth-order valence-corrected chi connectivity index (χ4v) is 2.11. The van der Waals surface area contributed by atoms with Crippen LogP contribution in [0.5, 0.6) is 0 Å². The molecule has 0 radical (unpaired) electrons. The highest BCUT2D eigenvalue weighted by Gasteiger charge is 2.12. The zero-order valence-corrected chi connectivity index (χ0v) is 12.5. The zero-order chi connectivity index (χ0) is 14.4. The van der Waals surface area contributed by atoms with Crippen LogP contribution in [0.4, 0.5) is 14.5 Å². The van der Waals surface area contributed by atoms with Crippen LogP contribution >= 0.6 is 15.9 Å². The number of benzene rings is 1. The molecular formula is C13H17BrF2N2O. The van der Waals surface area contributed by atoms with Crippen LogP contribution in [0.2, 0.25) is 0 Å². The maximum absolute atomic E-state index is 13.5. The molecule has 1 amide bonds. The monoisotopic (exact) mass is 334 g/mol. The van der Waals surface area contributed by atoms with Gasteiger partial charge in [-0.3, -0.25) is 4.79 Å². The topological polar surface area (TPSA) is 41.1 Å². The minimum atomic E-state index is -0.735. The lowest BCUT2D eigenvalue weighted by molar-refractivity contribution is -0.120. The van der Waals surface area contributed by atoms with E-state index in [2.05, 4.69) is 26.6 Å². The molecule has 0 bridgehead atoms. The molecule has 19 heavy (non-hydrogen) atoms. The Morgan fingerprint density at radius 2 is 1.95 bits per heavy atom. The van der Waals surface area contributed by atoms with Crippen LogP contribution in [0.1, 0.15) is 26.7 Å². The molecule has 1 unspecified atom stereocenters. The van der Waals surface area contributed by atoms with Crippen molar-refractivity contribution in [2.75, 3.05) is 11.9 Å². The largest absolute Gasteiger partial charge is 0.371 e. The number of halogens is 3. The second-order valence-corrected chi connectivity index (χ2v) is 5.27. The van der Waals surface area contributed by atoms with Crippen molar-refractivity contribution in [2.24, 2.45) is 0 Å². The van der Waals surface area contributed by atoms with E-state index in [9.17, 15) is 13.6 Å². The van der Waals surface area contributed by atoms with Crippen molar-refractivity contribution in [1.82, 2.24) is 5.32 Å². The first-order valence-electron chi connectivity index (χ1n) is 6.11. The first kappa shape index (κ1) is 15.9. The number of carbonyl (C=O) groups excluding carboxylic acids is 1. The van der Waals surface area contributed by atoms with Crippen LogP contribution in [0.3, 0.4) is 0 Å². The summed E-state index contributed by atoms with van der Waals surface area (Å²) in [6.07, 6.45) is 1.83. The molecule has 0 aliphatic rings. The first-order chi connectivity index (χ1) is 8.93. The predicted molar refractivity (Wildman–Crippen MR) is 75.1 cm³/mol. The molecule has 1 rings (SSSR count). The molecule has 3 nitrogen and oxygen atoms in total. The lowest BCUT2D eigenvalue weighted by Crippen LogP contribution is -2.36. The third-order valence-corrected chi connectivity index (χ3v) is 3.02. The summed E-state index contributed by atoms with van der Waals surface area (Å²) in [6.45, 7) is 3.75. The van der Waals surface area contributed by atoms with Gasteiger partial charge in [0.1, 0.15) is 17.3 Å². The average Bonchev–Trinajstić information content (AvgIpc) is 2.27. The average molecular weight is 335 g/mol. The van der Waals surface area contributed by atoms with Gasteiger partial charge < -0.3 is 10.6 Å². The van der Waals surface area contributed by atoms with Gasteiger partial charge in [-0.25, -0.2) is 8.78 Å². The van der Waals surface area contributed by atoms with E-state index >= 15 is 0 Å². The highest BCUT2D eigenvalue weighted by Crippen LogP contribution is 2.23. The van der Waals surface area contributed by atoms with Gasteiger partial charge in [-0.2, -0.15) is 0 Å². The number of hydrogen-bond donors (Lipinski definition) is 2. The number of nitrogens with one attached hydrogen (secondary N) is 2. The molecule has 0 heterocycles. The molecule has 0 saturated heterocycles. The molecule has 0 fully saturated rings. The van der Waals surface area contributed by atoms with Crippen LogP contribution < -0.4 is 10.6 Å². The standard InChI is InChI=1S/C13H17BrF2N2O/c1-3-4-8(2)18-12(19)7-17-13-10(15)5-9(14)6-11(13)16/h5-6,8,17H,3-4,7H2,1-2H3,(H,18,19). The Labute approximate surface area is 119 Å². The molecular weight excluding hydrogens is 318 g/mol. The summed E-state index contributed by atoms with van der Waals surface area (Å²) in [6, 6.07) is 2.34. The smallest absolute Gasteiger partial charge is 0.239 e. The molecule has 2 N–H and O–H groups in total. The van der Waals surface area contributed by atoms with Crippen molar-refractivity contribution in [1.29, 1.82) is 0 Å². The Balaban J connectivity index is 2.55. The van der Waals surface area contributed by atoms with Crippen LogP contribution in [0.25, 0.3) is 0 Å². The van der Waals surface area contributed by atoms with E-state index in [4.69, 9.17) is 0 Å². The lowest BCUT2D eigenvalue weighted by Gasteiger charge is -2.14. The van der Waals surface area contributed by atoms with Gasteiger partial charge in [-0.05, 0) is 25.5 Å². The molecule has 1 aromatic carbocycles. The summed E-state index contributed by atoms with van der Waals surface area (Å²) in [5, 5.41) is 5.22. The Morgan fingerprint density at radius 3 is 2.47 bits per heavy atom. The summed E-state index contributed by atoms with van der Waals surface area (Å²) in [5.41, 5.74) is -0.290. The fourth-order valence-electron chi connectivity index (χ4n) is 1.71. The summed E-state index contributed by atoms with van der Waals surface area (Å²) in [7, 11) is 0. The van der Waals surface area contributed by atoms with Gasteiger partial charge in [0, 0.05) is 10.5 Å². The number of hydrogen-bond acceptors (Lipinski definition) is 2. The summed E-state index contributed by atoms with van der Waals surface area (Å²) in [5.74, 6) is -1.76. The van der Waals surface area contributed by atoms with Gasteiger partial charge in [0.25, 0.3) is 0 Å². The molecule has 1 atom stereocenters. The first-order valence-corrected chi connectivity index (χ1v) is 6.91. The Hall–Kier alpha value is -1.17. The Kier molecular flexibility index (Phi) is 6.21. The van der Waals surface area contributed by atoms with Crippen molar-refractivity contribution >= 4 is 27.5 Å². The maximum Gasteiger partial charge on any atom is 0.239 e. The number of rotatable bonds is 6. The number of carbonyl (C=O) groups is 1. The highest BCUT2D eigenvalue weighted by molar-refractivity contribution is 9.10. The van der Waals surface area contributed by atoms with E-state index in [0.29, 0.717) is 4.47 Å². The van der Waals surface area contributed by atoms with Gasteiger partial charge in [-0.1, -0.05) is 29.3 Å². The predicted octanol–water partition coefficient (Wildman–Crippen LogP) is 3.44. The van der Waals surface area contributed by atoms with Gasteiger partial charge in [-0.15, -0.1) is 0 Å². The van der Waals surface area contributed by atoms with E-state index in [1.807, 2.05) is 13.8 Å². The normalized spacial score (nSPS) is 12.1. The molecule has 0 saturated carbocycles. The molecule has 0 aromatic heterocycles. The molecule has 0 spiro atoms. The van der Waals surface area contributed by atoms with Crippen LogP contribution in [-0.4, -0.2) is 18.5 Å². The van der Waals surface area contributed by atoms with E-state index in [1.54, 1.807) is 0 Å². The van der Waals surface area contributed by atoms with Gasteiger partial charge >= 0.3 is 0 Å². The Bertz CT molecular complexity index is 431. The van der Waals surface area contributed by atoms with Crippen molar-refractivity contribution < 1.29 is 13.6 Å². The zero-order valence-electron chi connectivity index (χ0n) is 10.9. The maximum atomic E-state index is 13.5. The fraction of sp³-hybridized carbons (Fsp3) is 0.462. The van der Waals surface area contributed by atoms with Crippen molar-refractivity contribution in [3.63, 3.8) is 0 Å². The van der Waals surface area contributed by atoms with Crippen molar-refractivity contribution in [3.8, 4) is 0 Å².